The number of anilines is 1. The molecular weight excluding hydrogens is 627 g/mol. The fourth-order valence-electron chi connectivity index (χ4n) is 8.47. The lowest BCUT2D eigenvalue weighted by Gasteiger charge is -2.42. The van der Waals surface area contributed by atoms with Crippen LogP contribution in [0.4, 0.5) is 15.0 Å². The van der Waals surface area contributed by atoms with E-state index in [1.54, 1.807) is 13.2 Å². The molecule has 2 unspecified atom stereocenters. The molecule has 0 N–H and O–H groups in total. The Labute approximate surface area is 285 Å². The Morgan fingerprint density at radius 1 is 1.00 bits per heavy atom. The Balaban J connectivity index is 1.19. The number of halogens is 1. The van der Waals surface area contributed by atoms with Gasteiger partial charge in [-0.2, -0.15) is 9.97 Å². The van der Waals surface area contributed by atoms with Gasteiger partial charge in [-0.3, -0.25) is 4.90 Å². The number of benzene rings is 3. The lowest BCUT2D eigenvalue weighted by Crippen LogP contribution is -2.57. The predicted molar refractivity (Wildman–Crippen MR) is 184 cm³/mol. The number of nitrogens with zero attached hydrogens (tertiary/aromatic N) is 4. The monoisotopic (exact) mass is 670 g/mol. The van der Waals surface area contributed by atoms with Gasteiger partial charge in [0.2, 0.25) is 0 Å². The number of piperazine rings is 1. The summed E-state index contributed by atoms with van der Waals surface area (Å²) in [6.07, 6.45) is 3.27. The Morgan fingerprint density at radius 2 is 1.76 bits per heavy atom. The highest BCUT2D eigenvalue weighted by Gasteiger charge is 2.60. The molecule has 4 bridgehead atoms. The van der Waals surface area contributed by atoms with Crippen molar-refractivity contribution < 1.29 is 32.9 Å². The van der Waals surface area contributed by atoms with Crippen LogP contribution in [0.25, 0.3) is 32.8 Å². The molecule has 1 aromatic heterocycles. The average molecular weight is 671 g/mol. The number of hydrogen-bond acceptors (Lipinski definition) is 9. The zero-order chi connectivity index (χ0) is 34.1. The van der Waals surface area contributed by atoms with Crippen LogP contribution in [-0.4, -0.2) is 84.5 Å². The van der Waals surface area contributed by atoms with E-state index in [0.717, 1.165) is 36.5 Å². The number of carbonyl (C=O) groups is 1. The van der Waals surface area contributed by atoms with E-state index >= 15 is 4.39 Å². The van der Waals surface area contributed by atoms with E-state index in [1.807, 2.05) is 68.1 Å². The molecule has 5 fully saturated rings. The van der Waals surface area contributed by atoms with Crippen molar-refractivity contribution in [2.24, 2.45) is 5.41 Å². The maximum absolute atomic E-state index is 17.0. The first-order valence-electron chi connectivity index (χ1n) is 17.1. The van der Waals surface area contributed by atoms with Crippen molar-refractivity contribution in [2.75, 3.05) is 45.1 Å². The zero-order valence-electron chi connectivity index (χ0n) is 28.8. The molecular formula is C38H43FN4O6. The lowest BCUT2D eigenvalue weighted by molar-refractivity contribution is -0.00933. The Kier molecular flexibility index (Phi) is 7.64. The highest BCUT2D eigenvalue weighted by atomic mass is 19.1. The van der Waals surface area contributed by atoms with Gasteiger partial charge in [0.1, 0.15) is 22.7 Å². The third-order valence-electron chi connectivity index (χ3n) is 10.4. The number of ether oxygens (including phenoxy) is 5. The minimum absolute atomic E-state index is 0.0458. The van der Waals surface area contributed by atoms with Gasteiger partial charge >= 0.3 is 12.1 Å². The van der Waals surface area contributed by atoms with Crippen molar-refractivity contribution in [1.29, 1.82) is 0 Å². The summed E-state index contributed by atoms with van der Waals surface area (Å²) in [5.41, 5.74) is 0.524. The highest BCUT2D eigenvalue weighted by molar-refractivity contribution is 6.01. The molecule has 0 radical (unpaired) electrons. The molecule has 0 spiro atoms. The fourth-order valence-corrected chi connectivity index (χ4v) is 8.47. The summed E-state index contributed by atoms with van der Waals surface area (Å²) in [4.78, 5) is 26.9. The van der Waals surface area contributed by atoms with E-state index in [0.29, 0.717) is 54.4 Å². The van der Waals surface area contributed by atoms with Crippen LogP contribution >= 0.6 is 0 Å². The normalized spacial score (nSPS) is 25.9. The maximum atomic E-state index is 17.0. The van der Waals surface area contributed by atoms with Crippen LogP contribution in [0.2, 0.25) is 0 Å². The Morgan fingerprint density at radius 3 is 2.45 bits per heavy atom. The first-order chi connectivity index (χ1) is 23.4. The van der Waals surface area contributed by atoms with Gasteiger partial charge in [-0.25, -0.2) is 9.18 Å². The predicted octanol–water partition coefficient (Wildman–Crippen LogP) is 7.11. The number of hydrogen-bond donors (Lipinski definition) is 0. The number of methoxy groups -OCH3 is 1. The molecule has 11 heteroatoms. The Hall–Kier alpha value is -4.22. The van der Waals surface area contributed by atoms with E-state index in [-0.39, 0.29) is 47.5 Å². The molecule has 9 rings (SSSR count). The molecule has 5 aliphatic rings. The van der Waals surface area contributed by atoms with Gasteiger partial charge in [0.25, 0.3) is 0 Å². The lowest BCUT2D eigenvalue weighted by atomic mass is 9.64. The van der Waals surface area contributed by atoms with Gasteiger partial charge in [-0.1, -0.05) is 30.3 Å². The van der Waals surface area contributed by atoms with E-state index in [9.17, 15) is 4.79 Å². The summed E-state index contributed by atoms with van der Waals surface area (Å²) >= 11 is 0. The second-order valence-electron chi connectivity index (χ2n) is 15.5. The van der Waals surface area contributed by atoms with E-state index < -0.39 is 11.4 Å². The van der Waals surface area contributed by atoms with Crippen LogP contribution < -0.4 is 14.4 Å². The van der Waals surface area contributed by atoms with Crippen molar-refractivity contribution in [3.63, 3.8) is 0 Å². The van der Waals surface area contributed by atoms with Crippen LogP contribution in [0.15, 0.2) is 48.5 Å². The minimum atomic E-state index is -0.583. The second kappa shape index (κ2) is 11.7. The first kappa shape index (κ1) is 32.0. The van der Waals surface area contributed by atoms with Crippen LogP contribution in [0, 0.1) is 11.2 Å². The van der Waals surface area contributed by atoms with Crippen molar-refractivity contribution in [3.8, 4) is 22.9 Å². The standard InChI is InChI=1S/C38H43FN4O6/c1-36(2,3)49-35(44)43-24-10-11-25(43)17-42(16-24)33-29-13-12-28(30-15-26(47-22-45-5)14-23-8-6-7-9-27(23)30)31(39)32(29)40-34(41-33)46-20-38-18-37(4,19-38)48-21-38/h6-9,12-15,24-25H,10-11,16-22H2,1-5H3. The molecule has 5 heterocycles. The van der Waals surface area contributed by atoms with Crippen LogP contribution in [0.5, 0.6) is 11.8 Å². The molecule has 4 saturated heterocycles. The molecule has 258 valence electrons. The van der Waals surface area contributed by atoms with Gasteiger partial charge in [-0.15, -0.1) is 0 Å². The molecule has 2 atom stereocenters. The summed E-state index contributed by atoms with van der Waals surface area (Å²) in [6.45, 7) is 9.97. The quantitative estimate of drug-likeness (QED) is 0.182. The minimum Gasteiger partial charge on any atom is -0.468 e. The SMILES string of the molecule is COCOc1cc(-c2ccc3c(N4CC5CCC(C4)N5C(=O)OC(C)(C)C)nc(OCC45COC(C)(C4)C5)nc3c2F)c2ccccc2c1. The van der Waals surface area contributed by atoms with Crippen LogP contribution in [0.1, 0.15) is 53.4 Å². The second-order valence-corrected chi connectivity index (χ2v) is 15.5. The summed E-state index contributed by atoms with van der Waals surface area (Å²) in [6, 6.07) is 15.3. The third kappa shape index (κ3) is 5.80. The van der Waals surface area contributed by atoms with Crippen molar-refractivity contribution >= 4 is 33.6 Å². The number of amides is 1. The van der Waals surface area contributed by atoms with Gasteiger partial charge in [0, 0.05) is 36.6 Å². The highest BCUT2D eigenvalue weighted by Crippen LogP contribution is 2.57. The fraction of sp³-hybridized carbons (Fsp3) is 0.500. The molecule has 4 aromatic rings. The molecule has 49 heavy (non-hydrogen) atoms. The summed E-state index contributed by atoms with van der Waals surface area (Å²) in [5.74, 6) is 0.715. The maximum Gasteiger partial charge on any atom is 0.410 e. The third-order valence-corrected chi connectivity index (χ3v) is 10.4. The number of aromatic nitrogens is 2. The summed E-state index contributed by atoms with van der Waals surface area (Å²) in [7, 11) is 1.56. The first-order valence-corrected chi connectivity index (χ1v) is 17.1. The smallest absolute Gasteiger partial charge is 0.410 e. The van der Waals surface area contributed by atoms with Crippen molar-refractivity contribution in [1.82, 2.24) is 14.9 Å². The van der Waals surface area contributed by atoms with Gasteiger partial charge in [0.15, 0.2) is 12.6 Å². The summed E-state index contributed by atoms with van der Waals surface area (Å²) in [5, 5.41) is 2.40. The number of rotatable bonds is 8. The summed E-state index contributed by atoms with van der Waals surface area (Å²) < 4.78 is 46.1. The largest absolute Gasteiger partial charge is 0.468 e. The zero-order valence-corrected chi connectivity index (χ0v) is 28.8. The molecule has 3 aromatic carbocycles. The number of fused-ring (bicyclic) bond motifs is 5. The van der Waals surface area contributed by atoms with E-state index in [2.05, 4.69) is 11.8 Å². The molecule has 1 aliphatic carbocycles. The van der Waals surface area contributed by atoms with Crippen LogP contribution in [-0.2, 0) is 14.2 Å². The van der Waals surface area contributed by atoms with Crippen molar-refractivity contribution in [2.45, 2.75) is 76.7 Å². The van der Waals surface area contributed by atoms with E-state index in [4.69, 9.17) is 33.7 Å². The topological polar surface area (TPSA) is 95.5 Å². The molecule has 10 nitrogen and oxygen atoms in total. The van der Waals surface area contributed by atoms with Gasteiger partial charge in [0.05, 0.1) is 30.9 Å². The van der Waals surface area contributed by atoms with Gasteiger partial charge < -0.3 is 28.6 Å². The van der Waals surface area contributed by atoms with Crippen molar-refractivity contribution in [3.05, 3.63) is 54.3 Å². The Bertz CT molecular complexity index is 1930. The van der Waals surface area contributed by atoms with E-state index in [1.165, 1.54) is 0 Å². The molecule has 4 aliphatic heterocycles. The average Bonchev–Trinajstić information content (AvgIpc) is 3.66. The molecule has 1 amide bonds. The molecule has 1 saturated carbocycles. The van der Waals surface area contributed by atoms with Gasteiger partial charge in [-0.05, 0) is 87.9 Å². The number of carbonyl (C=O) groups excluding carboxylic acids is 1. The van der Waals surface area contributed by atoms with Crippen LogP contribution in [0.3, 0.4) is 0 Å².